The van der Waals surface area contributed by atoms with Gasteiger partial charge in [-0.1, -0.05) is 19.9 Å². The van der Waals surface area contributed by atoms with Crippen LogP contribution in [0.25, 0.3) is 11.0 Å². The molecule has 1 fully saturated rings. The van der Waals surface area contributed by atoms with Gasteiger partial charge < -0.3 is 9.67 Å². The molecule has 1 N–H and O–H groups in total. The van der Waals surface area contributed by atoms with Crippen LogP contribution in [0.1, 0.15) is 44.0 Å². The summed E-state index contributed by atoms with van der Waals surface area (Å²) in [5.74, 6) is 1.55. The lowest BCUT2D eigenvalue weighted by atomic mass is 9.97. The van der Waals surface area contributed by atoms with Crippen LogP contribution in [0.5, 0.6) is 0 Å². The van der Waals surface area contributed by atoms with E-state index in [1.54, 1.807) is 0 Å². The lowest BCUT2D eigenvalue weighted by molar-refractivity contribution is 0.255. The summed E-state index contributed by atoms with van der Waals surface area (Å²) >= 11 is 0. The van der Waals surface area contributed by atoms with Crippen molar-refractivity contribution in [2.24, 2.45) is 7.05 Å². The van der Waals surface area contributed by atoms with Crippen molar-refractivity contribution in [1.82, 2.24) is 9.55 Å². The molecule has 1 aliphatic carbocycles. The third-order valence-electron chi connectivity index (χ3n) is 4.20. The van der Waals surface area contributed by atoms with Gasteiger partial charge in [0.25, 0.3) is 0 Å². The first-order valence-corrected chi connectivity index (χ1v) is 6.65. The molecular formula is C15H20N2O. The van der Waals surface area contributed by atoms with Crippen molar-refractivity contribution >= 4 is 11.0 Å². The predicted octanol–water partition coefficient (Wildman–Crippen LogP) is 2.72. The number of rotatable bonds is 3. The normalized spacial score (nSPS) is 17.6. The highest BCUT2D eigenvalue weighted by Gasteiger charge is 2.43. The number of imidazole rings is 1. The van der Waals surface area contributed by atoms with E-state index in [4.69, 9.17) is 0 Å². The van der Waals surface area contributed by atoms with E-state index >= 15 is 0 Å². The van der Waals surface area contributed by atoms with E-state index in [1.165, 1.54) is 11.1 Å². The van der Waals surface area contributed by atoms with E-state index in [2.05, 4.69) is 48.6 Å². The molecule has 96 valence electrons. The Morgan fingerprint density at radius 3 is 2.67 bits per heavy atom. The van der Waals surface area contributed by atoms with E-state index < -0.39 is 0 Å². The number of aliphatic hydroxyl groups excluding tert-OH is 1. The third-order valence-corrected chi connectivity index (χ3v) is 4.20. The molecule has 0 saturated heterocycles. The number of nitrogens with zero attached hydrogens (tertiary/aromatic N) is 2. The van der Waals surface area contributed by atoms with E-state index in [1.807, 2.05) is 0 Å². The summed E-state index contributed by atoms with van der Waals surface area (Å²) in [6, 6.07) is 6.42. The maximum absolute atomic E-state index is 9.52. The number of aryl methyl sites for hydroxylation is 1. The predicted molar refractivity (Wildman–Crippen MR) is 72.8 cm³/mol. The molecule has 0 bridgehead atoms. The Morgan fingerprint density at radius 2 is 2.11 bits per heavy atom. The van der Waals surface area contributed by atoms with Crippen molar-refractivity contribution in [3.63, 3.8) is 0 Å². The van der Waals surface area contributed by atoms with Gasteiger partial charge in [0.05, 0.1) is 17.6 Å². The minimum atomic E-state index is 0.0381. The van der Waals surface area contributed by atoms with Crippen molar-refractivity contribution in [3.8, 4) is 0 Å². The molecule has 1 heterocycles. The number of aliphatic hydroxyl groups is 1. The van der Waals surface area contributed by atoms with Crippen molar-refractivity contribution in [3.05, 3.63) is 29.6 Å². The van der Waals surface area contributed by atoms with Crippen molar-refractivity contribution < 1.29 is 5.11 Å². The Morgan fingerprint density at radius 1 is 1.39 bits per heavy atom. The fourth-order valence-corrected chi connectivity index (χ4v) is 2.74. The second-order valence-corrected chi connectivity index (χ2v) is 5.83. The lowest BCUT2D eigenvalue weighted by Gasteiger charge is -2.12. The highest BCUT2D eigenvalue weighted by atomic mass is 16.3. The number of hydrogen-bond donors (Lipinski definition) is 1. The van der Waals surface area contributed by atoms with E-state index in [0.717, 1.165) is 24.2 Å². The van der Waals surface area contributed by atoms with Gasteiger partial charge in [-0.2, -0.15) is 0 Å². The first kappa shape index (κ1) is 11.7. The highest BCUT2D eigenvalue weighted by Crippen LogP contribution is 2.48. The Kier molecular flexibility index (Phi) is 2.49. The average molecular weight is 244 g/mol. The van der Waals surface area contributed by atoms with Gasteiger partial charge >= 0.3 is 0 Å². The first-order chi connectivity index (χ1) is 8.57. The molecule has 0 unspecified atom stereocenters. The molecule has 18 heavy (non-hydrogen) atoms. The zero-order valence-corrected chi connectivity index (χ0v) is 11.3. The molecule has 1 saturated carbocycles. The van der Waals surface area contributed by atoms with Crippen LogP contribution in [0.4, 0.5) is 0 Å². The monoisotopic (exact) mass is 244 g/mol. The van der Waals surface area contributed by atoms with Crippen LogP contribution in [0.15, 0.2) is 18.2 Å². The summed E-state index contributed by atoms with van der Waals surface area (Å²) < 4.78 is 2.18. The molecule has 3 nitrogen and oxygen atoms in total. The van der Waals surface area contributed by atoms with Gasteiger partial charge in [-0.25, -0.2) is 4.98 Å². The summed E-state index contributed by atoms with van der Waals surface area (Å²) in [5.41, 5.74) is 3.53. The maximum atomic E-state index is 9.52. The lowest BCUT2D eigenvalue weighted by Crippen LogP contribution is -2.11. The molecule has 0 atom stereocenters. The molecule has 3 rings (SSSR count). The fourth-order valence-electron chi connectivity index (χ4n) is 2.74. The first-order valence-electron chi connectivity index (χ1n) is 6.65. The minimum Gasteiger partial charge on any atom is -0.395 e. The van der Waals surface area contributed by atoms with Crippen LogP contribution in [0, 0.1) is 0 Å². The van der Waals surface area contributed by atoms with Crippen LogP contribution in [-0.4, -0.2) is 21.3 Å². The van der Waals surface area contributed by atoms with E-state index in [0.29, 0.717) is 5.92 Å². The molecule has 1 aliphatic rings. The molecule has 3 heteroatoms. The number of fused-ring (bicyclic) bond motifs is 1. The molecular weight excluding hydrogens is 224 g/mol. The summed E-state index contributed by atoms with van der Waals surface area (Å²) in [4.78, 5) is 4.68. The smallest absolute Gasteiger partial charge is 0.112 e. The van der Waals surface area contributed by atoms with Gasteiger partial charge in [0.2, 0.25) is 0 Å². The fraction of sp³-hybridized carbons (Fsp3) is 0.533. The zero-order chi connectivity index (χ0) is 12.9. The van der Waals surface area contributed by atoms with Gasteiger partial charge in [-0.15, -0.1) is 0 Å². The number of hydrogen-bond acceptors (Lipinski definition) is 2. The van der Waals surface area contributed by atoms with Crippen molar-refractivity contribution in [2.75, 3.05) is 6.61 Å². The van der Waals surface area contributed by atoms with Crippen molar-refractivity contribution in [1.29, 1.82) is 0 Å². The average Bonchev–Trinajstić information content (AvgIpc) is 3.09. The molecule has 1 aromatic carbocycles. The molecule has 2 aromatic rings. The Hall–Kier alpha value is -1.35. The molecule has 0 radical (unpaired) electrons. The second kappa shape index (κ2) is 3.82. The minimum absolute atomic E-state index is 0.0381. The molecule has 0 aliphatic heterocycles. The van der Waals surface area contributed by atoms with Crippen LogP contribution < -0.4 is 0 Å². The summed E-state index contributed by atoms with van der Waals surface area (Å²) in [6.45, 7) is 4.59. The number of aromatic nitrogens is 2. The Labute approximate surface area is 107 Å². The van der Waals surface area contributed by atoms with Crippen LogP contribution in [0.3, 0.4) is 0 Å². The van der Waals surface area contributed by atoms with Crippen LogP contribution in [0.2, 0.25) is 0 Å². The topological polar surface area (TPSA) is 38.1 Å². The Balaban J connectivity index is 2.15. The molecule has 1 aromatic heterocycles. The maximum Gasteiger partial charge on any atom is 0.112 e. The van der Waals surface area contributed by atoms with Gasteiger partial charge in [0, 0.05) is 18.4 Å². The largest absolute Gasteiger partial charge is 0.395 e. The third kappa shape index (κ3) is 1.57. The SMILES string of the molecule is CC(C)c1nc2ccc(C3(CO)CC3)cc2n1C. The molecule has 0 spiro atoms. The summed E-state index contributed by atoms with van der Waals surface area (Å²) in [7, 11) is 2.08. The summed E-state index contributed by atoms with van der Waals surface area (Å²) in [5, 5.41) is 9.52. The van der Waals surface area contributed by atoms with Crippen LogP contribution in [-0.2, 0) is 12.5 Å². The van der Waals surface area contributed by atoms with Crippen molar-refractivity contribution in [2.45, 2.75) is 38.0 Å². The van der Waals surface area contributed by atoms with Gasteiger partial charge in [0.1, 0.15) is 5.82 Å². The van der Waals surface area contributed by atoms with Gasteiger partial charge in [-0.3, -0.25) is 0 Å². The summed E-state index contributed by atoms with van der Waals surface area (Å²) in [6.07, 6.45) is 2.20. The zero-order valence-electron chi connectivity index (χ0n) is 11.3. The molecule has 0 amide bonds. The highest BCUT2D eigenvalue weighted by molar-refractivity contribution is 5.77. The quantitative estimate of drug-likeness (QED) is 0.901. The standard InChI is InChI=1S/C15H20N2O/c1-10(2)14-16-12-5-4-11(8-13(12)17(14)3)15(9-18)6-7-15/h4-5,8,10,18H,6-7,9H2,1-3H3. The van der Waals surface area contributed by atoms with Gasteiger partial charge in [0.15, 0.2) is 0 Å². The Bertz CT molecular complexity index is 594. The van der Waals surface area contributed by atoms with Crippen LogP contribution >= 0.6 is 0 Å². The number of benzene rings is 1. The van der Waals surface area contributed by atoms with E-state index in [9.17, 15) is 5.11 Å². The van der Waals surface area contributed by atoms with Gasteiger partial charge in [-0.05, 0) is 30.5 Å². The van der Waals surface area contributed by atoms with E-state index in [-0.39, 0.29) is 12.0 Å². The second-order valence-electron chi connectivity index (χ2n) is 5.83.